The van der Waals surface area contributed by atoms with Crippen molar-refractivity contribution in [2.45, 2.75) is 32.4 Å². The SMILES string of the molecule is CCC1CC1NCc1cc(Cl)cc(OC)c1O. The van der Waals surface area contributed by atoms with Gasteiger partial charge in [0.2, 0.25) is 0 Å². The van der Waals surface area contributed by atoms with Gasteiger partial charge in [-0.2, -0.15) is 0 Å². The maximum absolute atomic E-state index is 9.95. The van der Waals surface area contributed by atoms with Crippen LogP contribution in [0.25, 0.3) is 0 Å². The molecular formula is C13H18ClNO2. The second kappa shape index (κ2) is 5.15. The molecule has 0 radical (unpaired) electrons. The number of ether oxygens (including phenoxy) is 1. The van der Waals surface area contributed by atoms with Crippen molar-refractivity contribution in [3.05, 3.63) is 22.7 Å². The van der Waals surface area contributed by atoms with Crippen molar-refractivity contribution in [1.82, 2.24) is 5.32 Å². The molecule has 17 heavy (non-hydrogen) atoms. The first-order valence-electron chi connectivity index (χ1n) is 5.94. The van der Waals surface area contributed by atoms with E-state index in [1.54, 1.807) is 12.1 Å². The van der Waals surface area contributed by atoms with Crippen LogP contribution in [-0.2, 0) is 6.54 Å². The maximum Gasteiger partial charge on any atom is 0.162 e. The Balaban J connectivity index is 2.02. The zero-order valence-electron chi connectivity index (χ0n) is 10.2. The summed E-state index contributed by atoms with van der Waals surface area (Å²) in [5.41, 5.74) is 0.788. The molecule has 4 heteroatoms. The molecule has 1 aliphatic carbocycles. The molecule has 1 aliphatic rings. The third-order valence-corrected chi connectivity index (χ3v) is 3.56. The number of benzene rings is 1. The predicted molar refractivity (Wildman–Crippen MR) is 68.7 cm³/mol. The van der Waals surface area contributed by atoms with Gasteiger partial charge in [0.15, 0.2) is 11.5 Å². The number of nitrogens with one attached hydrogen (secondary N) is 1. The number of methoxy groups -OCH3 is 1. The van der Waals surface area contributed by atoms with E-state index < -0.39 is 0 Å². The van der Waals surface area contributed by atoms with Gasteiger partial charge in [0.1, 0.15) is 0 Å². The predicted octanol–water partition coefficient (Wildman–Crippen LogP) is 2.94. The van der Waals surface area contributed by atoms with Crippen LogP contribution in [-0.4, -0.2) is 18.3 Å². The van der Waals surface area contributed by atoms with Gasteiger partial charge in [0, 0.05) is 29.2 Å². The van der Waals surface area contributed by atoms with E-state index in [0.717, 1.165) is 11.5 Å². The van der Waals surface area contributed by atoms with Gasteiger partial charge in [-0.25, -0.2) is 0 Å². The van der Waals surface area contributed by atoms with Crippen LogP contribution < -0.4 is 10.1 Å². The van der Waals surface area contributed by atoms with Gasteiger partial charge in [-0.1, -0.05) is 24.9 Å². The van der Waals surface area contributed by atoms with Gasteiger partial charge in [-0.15, -0.1) is 0 Å². The molecule has 1 saturated carbocycles. The number of rotatable bonds is 5. The molecule has 0 heterocycles. The van der Waals surface area contributed by atoms with Crippen LogP contribution in [0.1, 0.15) is 25.3 Å². The van der Waals surface area contributed by atoms with Crippen molar-refractivity contribution in [3.63, 3.8) is 0 Å². The van der Waals surface area contributed by atoms with E-state index in [-0.39, 0.29) is 5.75 Å². The Bertz CT molecular complexity index is 409. The third-order valence-electron chi connectivity index (χ3n) is 3.34. The fourth-order valence-corrected chi connectivity index (χ4v) is 2.34. The van der Waals surface area contributed by atoms with Crippen LogP contribution in [0.2, 0.25) is 5.02 Å². The monoisotopic (exact) mass is 255 g/mol. The zero-order chi connectivity index (χ0) is 12.4. The standard InChI is InChI=1S/C13H18ClNO2/c1-3-8-5-11(8)15-7-9-4-10(14)6-12(17-2)13(9)16/h4,6,8,11,15-16H,3,5,7H2,1-2H3. The van der Waals surface area contributed by atoms with Gasteiger partial charge in [0.25, 0.3) is 0 Å². The number of hydrogen-bond acceptors (Lipinski definition) is 3. The Morgan fingerprint density at radius 2 is 2.29 bits per heavy atom. The molecule has 3 nitrogen and oxygen atoms in total. The van der Waals surface area contributed by atoms with Crippen LogP contribution in [0.5, 0.6) is 11.5 Å². The number of aromatic hydroxyl groups is 1. The maximum atomic E-state index is 9.95. The molecule has 2 N–H and O–H groups in total. The summed E-state index contributed by atoms with van der Waals surface area (Å²) in [6, 6.07) is 3.98. The molecule has 1 aromatic carbocycles. The first-order valence-corrected chi connectivity index (χ1v) is 6.32. The van der Waals surface area contributed by atoms with Crippen molar-refractivity contribution in [3.8, 4) is 11.5 Å². The summed E-state index contributed by atoms with van der Waals surface area (Å²) in [5, 5.41) is 13.9. The molecule has 0 bridgehead atoms. The summed E-state index contributed by atoms with van der Waals surface area (Å²) in [5.74, 6) is 1.40. The molecule has 94 valence electrons. The Morgan fingerprint density at radius 1 is 1.53 bits per heavy atom. The molecule has 2 unspecified atom stereocenters. The van der Waals surface area contributed by atoms with E-state index in [9.17, 15) is 5.11 Å². The van der Waals surface area contributed by atoms with E-state index in [1.807, 2.05) is 0 Å². The van der Waals surface area contributed by atoms with Crippen molar-refractivity contribution in [2.75, 3.05) is 7.11 Å². The summed E-state index contributed by atoms with van der Waals surface area (Å²) in [6.45, 7) is 2.83. The van der Waals surface area contributed by atoms with Crippen LogP contribution in [0.4, 0.5) is 0 Å². The van der Waals surface area contributed by atoms with Crippen LogP contribution in [0, 0.1) is 5.92 Å². The Morgan fingerprint density at radius 3 is 2.88 bits per heavy atom. The van der Waals surface area contributed by atoms with Gasteiger partial charge in [0.05, 0.1) is 7.11 Å². The highest BCUT2D eigenvalue weighted by Crippen LogP contribution is 2.36. The van der Waals surface area contributed by atoms with Crippen LogP contribution in [0.3, 0.4) is 0 Å². The number of phenols is 1. The fourth-order valence-electron chi connectivity index (χ4n) is 2.11. The lowest BCUT2D eigenvalue weighted by Gasteiger charge is -2.10. The van der Waals surface area contributed by atoms with Crippen LogP contribution >= 0.6 is 11.6 Å². The molecule has 0 aliphatic heterocycles. The molecule has 1 fully saturated rings. The molecular weight excluding hydrogens is 238 g/mol. The third kappa shape index (κ3) is 2.85. The summed E-state index contributed by atoms with van der Waals surface area (Å²) in [4.78, 5) is 0. The van der Waals surface area contributed by atoms with E-state index in [1.165, 1.54) is 20.0 Å². The Labute approximate surface area is 107 Å². The van der Waals surface area contributed by atoms with Gasteiger partial charge in [-0.05, 0) is 18.4 Å². The highest BCUT2D eigenvalue weighted by atomic mass is 35.5. The first kappa shape index (κ1) is 12.5. The lowest BCUT2D eigenvalue weighted by Crippen LogP contribution is -2.17. The average molecular weight is 256 g/mol. The average Bonchev–Trinajstić information content (AvgIpc) is 3.08. The molecule has 0 spiro atoms. The fraction of sp³-hybridized carbons (Fsp3) is 0.538. The van der Waals surface area contributed by atoms with E-state index in [4.69, 9.17) is 16.3 Å². The van der Waals surface area contributed by atoms with Gasteiger partial charge in [-0.3, -0.25) is 0 Å². The molecule has 2 rings (SSSR count). The minimum atomic E-state index is 0.179. The molecule has 2 atom stereocenters. The van der Waals surface area contributed by atoms with Crippen molar-refractivity contribution in [2.24, 2.45) is 5.92 Å². The second-order valence-corrected chi connectivity index (χ2v) is 4.94. The first-order chi connectivity index (χ1) is 8.15. The van der Waals surface area contributed by atoms with Crippen molar-refractivity contribution < 1.29 is 9.84 Å². The summed E-state index contributed by atoms with van der Waals surface area (Å²) >= 11 is 5.97. The molecule has 0 aromatic heterocycles. The highest BCUT2D eigenvalue weighted by molar-refractivity contribution is 6.30. The second-order valence-electron chi connectivity index (χ2n) is 4.51. The summed E-state index contributed by atoms with van der Waals surface area (Å²) < 4.78 is 5.07. The normalized spacial score (nSPS) is 22.5. The molecule has 1 aromatic rings. The van der Waals surface area contributed by atoms with Crippen molar-refractivity contribution >= 4 is 11.6 Å². The number of halogens is 1. The summed E-state index contributed by atoms with van der Waals surface area (Å²) in [6.07, 6.45) is 2.44. The molecule has 0 saturated heterocycles. The minimum Gasteiger partial charge on any atom is -0.504 e. The topological polar surface area (TPSA) is 41.5 Å². The zero-order valence-corrected chi connectivity index (χ0v) is 10.9. The minimum absolute atomic E-state index is 0.179. The smallest absolute Gasteiger partial charge is 0.162 e. The van der Waals surface area contributed by atoms with E-state index in [0.29, 0.717) is 23.4 Å². The van der Waals surface area contributed by atoms with Crippen molar-refractivity contribution in [1.29, 1.82) is 0 Å². The van der Waals surface area contributed by atoms with E-state index in [2.05, 4.69) is 12.2 Å². The lowest BCUT2D eigenvalue weighted by molar-refractivity contribution is 0.369. The summed E-state index contributed by atoms with van der Waals surface area (Å²) in [7, 11) is 1.52. The Hall–Kier alpha value is -0.930. The van der Waals surface area contributed by atoms with Gasteiger partial charge < -0.3 is 15.2 Å². The quantitative estimate of drug-likeness (QED) is 0.850. The Kier molecular flexibility index (Phi) is 3.79. The highest BCUT2D eigenvalue weighted by Gasteiger charge is 2.34. The van der Waals surface area contributed by atoms with Gasteiger partial charge >= 0.3 is 0 Å². The lowest BCUT2D eigenvalue weighted by atomic mass is 10.2. The van der Waals surface area contributed by atoms with E-state index >= 15 is 0 Å². The number of phenolic OH excluding ortho intramolecular Hbond substituents is 1. The van der Waals surface area contributed by atoms with Crippen LogP contribution in [0.15, 0.2) is 12.1 Å². The molecule has 0 amide bonds. The largest absolute Gasteiger partial charge is 0.504 e. The number of hydrogen-bond donors (Lipinski definition) is 2.